The second kappa shape index (κ2) is 9.01. The molecule has 1 aliphatic heterocycles. The Morgan fingerprint density at radius 1 is 1.09 bits per heavy atom. The number of piperazine rings is 1. The molecule has 1 heterocycles. The Bertz CT molecular complexity index is 505. The number of alkyl halides is 3. The fraction of sp³-hybridized carbons (Fsp3) is 0.571. The molecule has 2 nitrogen and oxygen atoms in total. The number of benzene rings is 1. The van der Waals surface area contributed by atoms with Crippen LogP contribution in [0.15, 0.2) is 12.1 Å². The summed E-state index contributed by atoms with van der Waals surface area (Å²) < 4.78 is 66.1. The summed E-state index contributed by atoms with van der Waals surface area (Å²) in [5.74, 6) is -2.25. The Kier molecular flexibility index (Phi) is 8.76. The van der Waals surface area contributed by atoms with Gasteiger partial charge in [0.1, 0.15) is 0 Å². The molecule has 0 spiro atoms. The minimum Gasteiger partial charge on any atom is -0.314 e. The molecule has 0 bridgehead atoms. The molecule has 2 rings (SSSR count). The van der Waals surface area contributed by atoms with E-state index in [1.54, 1.807) is 4.90 Å². The SMILES string of the molecule is Cc1ccc([C@@H](CC(F)(F)F)N2CCNCC2)c(F)c1F.Cl.Cl. The summed E-state index contributed by atoms with van der Waals surface area (Å²) in [5.41, 5.74) is -0.139. The summed E-state index contributed by atoms with van der Waals surface area (Å²) in [6.07, 6.45) is -5.63. The zero-order valence-corrected chi connectivity index (χ0v) is 14.1. The van der Waals surface area contributed by atoms with E-state index in [9.17, 15) is 22.0 Å². The highest BCUT2D eigenvalue weighted by Gasteiger charge is 2.37. The van der Waals surface area contributed by atoms with E-state index in [0.717, 1.165) is 0 Å². The number of aryl methyl sites for hydroxylation is 1. The van der Waals surface area contributed by atoms with Crippen molar-refractivity contribution in [2.45, 2.75) is 25.6 Å². The van der Waals surface area contributed by atoms with E-state index in [4.69, 9.17) is 0 Å². The molecule has 1 aliphatic rings. The van der Waals surface area contributed by atoms with Crippen LogP contribution in [-0.2, 0) is 0 Å². The minimum absolute atomic E-state index is 0. The molecule has 134 valence electrons. The Balaban J connectivity index is 0.00000242. The van der Waals surface area contributed by atoms with Crippen molar-refractivity contribution in [1.82, 2.24) is 10.2 Å². The molecule has 1 aromatic carbocycles. The van der Waals surface area contributed by atoms with Gasteiger partial charge in [-0.1, -0.05) is 12.1 Å². The number of nitrogens with zero attached hydrogens (tertiary/aromatic N) is 1. The second-order valence-electron chi connectivity index (χ2n) is 5.22. The fourth-order valence-corrected chi connectivity index (χ4v) is 2.57. The van der Waals surface area contributed by atoms with Gasteiger partial charge in [0.25, 0.3) is 0 Å². The number of nitrogens with one attached hydrogen (secondary N) is 1. The van der Waals surface area contributed by atoms with Crippen molar-refractivity contribution in [3.8, 4) is 0 Å². The topological polar surface area (TPSA) is 15.3 Å². The van der Waals surface area contributed by atoms with Crippen LogP contribution >= 0.6 is 24.8 Å². The fourth-order valence-electron chi connectivity index (χ4n) is 2.57. The molecule has 0 saturated carbocycles. The first-order valence-electron chi connectivity index (χ1n) is 6.75. The maximum atomic E-state index is 14.1. The van der Waals surface area contributed by atoms with Crippen LogP contribution in [0.3, 0.4) is 0 Å². The van der Waals surface area contributed by atoms with Gasteiger partial charge in [0.15, 0.2) is 11.6 Å². The zero-order valence-electron chi connectivity index (χ0n) is 12.4. The first-order valence-corrected chi connectivity index (χ1v) is 6.75. The highest BCUT2D eigenvalue weighted by molar-refractivity contribution is 5.85. The molecule has 0 amide bonds. The van der Waals surface area contributed by atoms with E-state index in [1.807, 2.05) is 0 Å². The van der Waals surface area contributed by atoms with Gasteiger partial charge in [0.2, 0.25) is 0 Å². The Labute approximate surface area is 144 Å². The number of hydrogen-bond donors (Lipinski definition) is 1. The summed E-state index contributed by atoms with van der Waals surface area (Å²) in [6.45, 7) is 3.19. The van der Waals surface area contributed by atoms with Crippen LogP contribution in [0.1, 0.15) is 23.6 Å². The molecule has 0 radical (unpaired) electrons. The van der Waals surface area contributed by atoms with Crippen LogP contribution in [0.25, 0.3) is 0 Å². The first-order chi connectivity index (χ1) is 9.79. The van der Waals surface area contributed by atoms with E-state index in [0.29, 0.717) is 26.2 Å². The van der Waals surface area contributed by atoms with E-state index in [2.05, 4.69) is 5.32 Å². The van der Waals surface area contributed by atoms with E-state index in [-0.39, 0.29) is 35.9 Å². The summed E-state index contributed by atoms with van der Waals surface area (Å²) >= 11 is 0. The summed E-state index contributed by atoms with van der Waals surface area (Å²) in [4.78, 5) is 1.55. The molecule has 0 unspecified atom stereocenters. The number of hydrogen-bond acceptors (Lipinski definition) is 2. The molecule has 1 saturated heterocycles. The van der Waals surface area contributed by atoms with Crippen LogP contribution in [0.2, 0.25) is 0 Å². The van der Waals surface area contributed by atoms with Crippen molar-refractivity contribution in [2.24, 2.45) is 0 Å². The molecule has 1 fully saturated rings. The summed E-state index contributed by atoms with van der Waals surface area (Å²) in [5, 5.41) is 3.03. The average Bonchev–Trinajstić information content (AvgIpc) is 2.43. The van der Waals surface area contributed by atoms with Crippen molar-refractivity contribution >= 4 is 24.8 Å². The van der Waals surface area contributed by atoms with Gasteiger partial charge >= 0.3 is 6.18 Å². The maximum absolute atomic E-state index is 14.1. The normalized spacial score (nSPS) is 17.1. The van der Waals surface area contributed by atoms with Gasteiger partial charge in [-0.25, -0.2) is 8.78 Å². The third-order valence-corrected chi connectivity index (χ3v) is 3.68. The molecule has 0 aliphatic carbocycles. The van der Waals surface area contributed by atoms with Crippen molar-refractivity contribution in [3.05, 3.63) is 34.9 Å². The molecule has 1 atom stereocenters. The smallest absolute Gasteiger partial charge is 0.314 e. The van der Waals surface area contributed by atoms with E-state index < -0.39 is 30.3 Å². The van der Waals surface area contributed by atoms with Crippen molar-refractivity contribution in [2.75, 3.05) is 26.2 Å². The van der Waals surface area contributed by atoms with Gasteiger partial charge in [0.05, 0.1) is 6.42 Å². The summed E-state index contributed by atoms with van der Waals surface area (Å²) in [7, 11) is 0. The Morgan fingerprint density at radius 3 is 2.17 bits per heavy atom. The Hall–Kier alpha value is -0.630. The highest BCUT2D eigenvalue weighted by Crippen LogP contribution is 2.36. The van der Waals surface area contributed by atoms with Gasteiger partial charge < -0.3 is 5.32 Å². The first kappa shape index (κ1) is 22.4. The van der Waals surface area contributed by atoms with E-state index in [1.165, 1.54) is 19.1 Å². The minimum atomic E-state index is -4.44. The second-order valence-corrected chi connectivity index (χ2v) is 5.22. The van der Waals surface area contributed by atoms with Crippen LogP contribution in [0, 0.1) is 18.6 Å². The molecule has 0 aromatic heterocycles. The lowest BCUT2D eigenvalue weighted by atomic mass is 9.98. The lowest BCUT2D eigenvalue weighted by Crippen LogP contribution is -2.46. The third-order valence-electron chi connectivity index (χ3n) is 3.68. The molecule has 23 heavy (non-hydrogen) atoms. The Morgan fingerprint density at radius 2 is 1.65 bits per heavy atom. The van der Waals surface area contributed by atoms with E-state index >= 15 is 0 Å². The lowest BCUT2D eigenvalue weighted by Gasteiger charge is -2.35. The third kappa shape index (κ3) is 5.74. The van der Waals surface area contributed by atoms with Gasteiger partial charge in [-0.05, 0) is 12.5 Å². The predicted octanol–water partition coefficient (Wildman–Crippen LogP) is 4.02. The van der Waals surface area contributed by atoms with Gasteiger partial charge in [-0.15, -0.1) is 24.8 Å². The molecular formula is C14H19Cl2F5N2. The van der Waals surface area contributed by atoms with Crippen LogP contribution < -0.4 is 5.32 Å². The predicted molar refractivity (Wildman–Crippen MR) is 83.4 cm³/mol. The van der Waals surface area contributed by atoms with Crippen LogP contribution in [0.5, 0.6) is 0 Å². The largest absolute Gasteiger partial charge is 0.390 e. The van der Waals surface area contributed by atoms with Crippen molar-refractivity contribution < 1.29 is 22.0 Å². The molecule has 1 N–H and O–H groups in total. The highest BCUT2D eigenvalue weighted by atomic mass is 35.5. The van der Waals surface area contributed by atoms with Crippen LogP contribution in [-0.4, -0.2) is 37.3 Å². The molecule has 9 heteroatoms. The van der Waals surface area contributed by atoms with Crippen molar-refractivity contribution in [3.63, 3.8) is 0 Å². The monoisotopic (exact) mass is 380 g/mol. The molecular weight excluding hydrogens is 362 g/mol. The van der Waals surface area contributed by atoms with Gasteiger partial charge in [-0.2, -0.15) is 13.2 Å². The van der Waals surface area contributed by atoms with Gasteiger partial charge in [-0.3, -0.25) is 4.90 Å². The molecule has 1 aromatic rings. The van der Waals surface area contributed by atoms with Gasteiger partial charge in [0, 0.05) is 37.8 Å². The zero-order chi connectivity index (χ0) is 15.6. The summed E-state index contributed by atoms with van der Waals surface area (Å²) in [6, 6.07) is 1.38. The quantitative estimate of drug-likeness (QED) is 0.796. The number of rotatable bonds is 3. The lowest BCUT2D eigenvalue weighted by molar-refractivity contribution is -0.149. The average molecular weight is 381 g/mol. The standard InChI is InChI=1S/C14H17F5N2.2ClH/c1-9-2-3-10(13(16)12(9)15)11(8-14(17,18)19)21-6-4-20-5-7-21;;/h2-3,11,20H,4-8H2,1H3;2*1H/t11-;;/m1../s1. The number of halogens is 7. The van der Waals surface area contributed by atoms with Crippen LogP contribution in [0.4, 0.5) is 22.0 Å². The van der Waals surface area contributed by atoms with Crippen molar-refractivity contribution in [1.29, 1.82) is 0 Å². The maximum Gasteiger partial charge on any atom is 0.390 e.